The van der Waals surface area contributed by atoms with Gasteiger partial charge < -0.3 is 14.8 Å². The summed E-state index contributed by atoms with van der Waals surface area (Å²) < 4.78 is 12.6. The van der Waals surface area contributed by atoms with Gasteiger partial charge >= 0.3 is 0 Å². The minimum Gasteiger partial charge on any atom is -0.487 e. The van der Waals surface area contributed by atoms with Crippen molar-refractivity contribution < 1.29 is 14.3 Å². The standard InChI is InChI=1S/C24H35NO3/c1-6-7-8-9-17-13-20(27-15-22(26)25-5)23-18-12-16(2)10-11-19(18)24(3,4)28-21(23)14-17/h12-14,18-19H,6-11,15H2,1-5H3,(H,25,26)/t18-,19-/m1/s1. The summed E-state index contributed by atoms with van der Waals surface area (Å²) in [6.07, 6.45) is 9.19. The van der Waals surface area contributed by atoms with Crippen LogP contribution in [0.2, 0.25) is 0 Å². The van der Waals surface area contributed by atoms with Gasteiger partial charge in [0.2, 0.25) is 0 Å². The molecule has 4 nitrogen and oxygen atoms in total. The van der Waals surface area contributed by atoms with Crippen LogP contribution < -0.4 is 14.8 Å². The first-order valence-electron chi connectivity index (χ1n) is 10.7. The van der Waals surface area contributed by atoms with Crippen LogP contribution in [0.1, 0.15) is 76.8 Å². The Labute approximate surface area is 169 Å². The van der Waals surface area contributed by atoms with E-state index in [0.29, 0.717) is 5.92 Å². The quantitative estimate of drug-likeness (QED) is 0.521. The lowest BCUT2D eigenvalue weighted by Gasteiger charge is -2.46. The van der Waals surface area contributed by atoms with Crippen molar-refractivity contribution in [3.05, 3.63) is 34.9 Å². The molecule has 1 amide bonds. The number of carbonyl (C=O) groups is 1. The highest BCUT2D eigenvalue weighted by atomic mass is 16.5. The average molecular weight is 386 g/mol. The van der Waals surface area contributed by atoms with Crippen LogP contribution in [0.15, 0.2) is 23.8 Å². The maximum atomic E-state index is 11.8. The maximum absolute atomic E-state index is 11.8. The summed E-state index contributed by atoms with van der Waals surface area (Å²) in [5.41, 5.74) is 3.56. The Morgan fingerprint density at radius 3 is 2.82 bits per heavy atom. The van der Waals surface area contributed by atoms with E-state index in [-0.39, 0.29) is 24.0 Å². The Balaban J connectivity index is 2.02. The molecule has 0 unspecified atom stereocenters. The first kappa shape index (κ1) is 20.8. The number of benzene rings is 1. The lowest BCUT2D eigenvalue weighted by molar-refractivity contribution is -0.122. The molecule has 0 fully saturated rings. The SMILES string of the molecule is CCCCCc1cc(OCC(=O)NC)c2c(c1)OC(C)(C)[C@@H]1CCC(C)=C[C@@H]21. The molecule has 1 N–H and O–H groups in total. The highest BCUT2D eigenvalue weighted by Gasteiger charge is 2.45. The van der Waals surface area contributed by atoms with Crippen molar-refractivity contribution in [2.24, 2.45) is 5.92 Å². The van der Waals surface area contributed by atoms with Gasteiger partial charge in [-0.15, -0.1) is 0 Å². The van der Waals surface area contributed by atoms with Gasteiger partial charge in [0.15, 0.2) is 6.61 Å². The molecule has 1 aliphatic carbocycles. The summed E-state index contributed by atoms with van der Waals surface area (Å²) >= 11 is 0. The number of allylic oxidation sites excluding steroid dienone is 2. The molecule has 0 bridgehead atoms. The topological polar surface area (TPSA) is 47.6 Å². The zero-order chi connectivity index (χ0) is 20.3. The van der Waals surface area contributed by atoms with Gasteiger partial charge in [0.1, 0.15) is 17.1 Å². The number of hydrogen-bond donors (Lipinski definition) is 1. The number of ether oxygens (including phenoxy) is 2. The monoisotopic (exact) mass is 385 g/mol. The second kappa shape index (κ2) is 8.59. The summed E-state index contributed by atoms with van der Waals surface area (Å²) in [5, 5.41) is 2.64. The van der Waals surface area contributed by atoms with Gasteiger partial charge in [-0.2, -0.15) is 0 Å². The molecule has 1 aromatic carbocycles. The number of amides is 1. The van der Waals surface area contributed by atoms with Crippen LogP contribution in [-0.2, 0) is 11.2 Å². The predicted molar refractivity (Wildman–Crippen MR) is 113 cm³/mol. The predicted octanol–water partition coefficient (Wildman–Crippen LogP) is 5.16. The lowest BCUT2D eigenvalue weighted by atomic mass is 9.68. The Kier molecular flexibility index (Phi) is 6.36. The minimum absolute atomic E-state index is 0.0326. The largest absolute Gasteiger partial charge is 0.487 e. The van der Waals surface area contributed by atoms with Gasteiger partial charge in [0, 0.05) is 24.4 Å². The van der Waals surface area contributed by atoms with E-state index in [1.54, 1.807) is 7.05 Å². The minimum atomic E-state index is -0.213. The van der Waals surface area contributed by atoms with E-state index in [1.807, 2.05) is 0 Å². The molecule has 28 heavy (non-hydrogen) atoms. The van der Waals surface area contributed by atoms with Crippen molar-refractivity contribution in [1.29, 1.82) is 0 Å². The van der Waals surface area contributed by atoms with Crippen molar-refractivity contribution in [2.75, 3.05) is 13.7 Å². The number of aryl methyl sites for hydroxylation is 1. The second-order valence-corrected chi connectivity index (χ2v) is 8.81. The number of hydrogen-bond acceptors (Lipinski definition) is 3. The fourth-order valence-corrected chi connectivity index (χ4v) is 4.62. The molecule has 0 spiro atoms. The molecule has 0 radical (unpaired) electrons. The van der Waals surface area contributed by atoms with Crippen LogP contribution in [0.5, 0.6) is 11.5 Å². The van der Waals surface area contributed by atoms with E-state index < -0.39 is 0 Å². The average Bonchev–Trinajstić information content (AvgIpc) is 2.65. The molecule has 4 heteroatoms. The summed E-state index contributed by atoms with van der Waals surface area (Å²) in [5.74, 6) is 2.31. The fourth-order valence-electron chi connectivity index (χ4n) is 4.62. The summed E-state index contributed by atoms with van der Waals surface area (Å²) in [6, 6.07) is 4.33. The second-order valence-electron chi connectivity index (χ2n) is 8.81. The number of carbonyl (C=O) groups excluding carboxylic acids is 1. The van der Waals surface area contributed by atoms with Gasteiger partial charge in [-0.05, 0) is 64.2 Å². The third-order valence-corrected chi connectivity index (χ3v) is 6.22. The number of rotatable bonds is 7. The molecule has 1 aromatic rings. The Bertz CT molecular complexity index is 750. The first-order chi connectivity index (χ1) is 13.4. The van der Waals surface area contributed by atoms with Crippen molar-refractivity contribution in [2.45, 2.75) is 77.7 Å². The third kappa shape index (κ3) is 4.37. The van der Waals surface area contributed by atoms with Crippen LogP contribution in [0.25, 0.3) is 0 Å². The van der Waals surface area contributed by atoms with E-state index in [1.165, 1.54) is 24.0 Å². The molecule has 1 aliphatic heterocycles. The van der Waals surface area contributed by atoms with Crippen molar-refractivity contribution >= 4 is 5.91 Å². The molecular formula is C24H35NO3. The highest BCUT2D eigenvalue weighted by molar-refractivity contribution is 5.77. The zero-order valence-electron chi connectivity index (χ0n) is 18.1. The summed E-state index contributed by atoms with van der Waals surface area (Å²) in [6.45, 7) is 8.87. The van der Waals surface area contributed by atoms with Crippen LogP contribution in [-0.4, -0.2) is 25.2 Å². The van der Waals surface area contributed by atoms with Gasteiger partial charge in [0.05, 0.1) is 0 Å². The van der Waals surface area contributed by atoms with Gasteiger partial charge in [0.25, 0.3) is 5.91 Å². The van der Waals surface area contributed by atoms with E-state index in [2.05, 4.69) is 51.2 Å². The highest BCUT2D eigenvalue weighted by Crippen LogP contribution is 2.53. The Morgan fingerprint density at radius 1 is 1.32 bits per heavy atom. The van der Waals surface area contributed by atoms with Crippen molar-refractivity contribution in [1.82, 2.24) is 5.32 Å². The molecule has 0 saturated heterocycles. The van der Waals surface area contributed by atoms with Crippen LogP contribution in [0.3, 0.4) is 0 Å². The number of nitrogens with one attached hydrogen (secondary N) is 1. The van der Waals surface area contributed by atoms with E-state index in [4.69, 9.17) is 9.47 Å². The van der Waals surface area contributed by atoms with Crippen molar-refractivity contribution in [3.63, 3.8) is 0 Å². The molecular weight excluding hydrogens is 350 g/mol. The number of fused-ring (bicyclic) bond motifs is 3. The fraction of sp³-hybridized carbons (Fsp3) is 0.625. The maximum Gasteiger partial charge on any atom is 0.257 e. The first-order valence-corrected chi connectivity index (χ1v) is 10.7. The molecule has 0 saturated carbocycles. The smallest absolute Gasteiger partial charge is 0.257 e. The number of unbranched alkanes of at least 4 members (excludes halogenated alkanes) is 2. The van der Waals surface area contributed by atoms with Crippen LogP contribution >= 0.6 is 0 Å². The zero-order valence-corrected chi connectivity index (χ0v) is 18.1. The Morgan fingerprint density at radius 2 is 2.11 bits per heavy atom. The Hall–Kier alpha value is -1.97. The van der Waals surface area contributed by atoms with Crippen LogP contribution in [0, 0.1) is 5.92 Å². The van der Waals surface area contributed by atoms with E-state index >= 15 is 0 Å². The molecule has 1 heterocycles. The van der Waals surface area contributed by atoms with Gasteiger partial charge in [-0.3, -0.25) is 4.79 Å². The van der Waals surface area contributed by atoms with Crippen LogP contribution in [0.4, 0.5) is 0 Å². The van der Waals surface area contributed by atoms with E-state index in [9.17, 15) is 4.79 Å². The summed E-state index contributed by atoms with van der Waals surface area (Å²) in [7, 11) is 1.64. The molecule has 2 atom stereocenters. The summed E-state index contributed by atoms with van der Waals surface area (Å²) in [4.78, 5) is 11.8. The lowest BCUT2D eigenvalue weighted by Crippen LogP contribution is -2.45. The molecule has 154 valence electrons. The molecule has 3 rings (SSSR count). The molecule has 0 aromatic heterocycles. The normalized spacial score (nSPS) is 22.4. The van der Waals surface area contributed by atoms with Crippen molar-refractivity contribution in [3.8, 4) is 11.5 Å². The third-order valence-electron chi connectivity index (χ3n) is 6.22. The van der Waals surface area contributed by atoms with Gasteiger partial charge in [-0.25, -0.2) is 0 Å². The molecule has 2 aliphatic rings. The number of likely N-dealkylation sites (N-methyl/N-ethyl adjacent to an activating group) is 1. The van der Waals surface area contributed by atoms with Gasteiger partial charge in [-0.1, -0.05) is 31.4 Å². The van der Waals surface area contributed by atoms with E-state index in [0.717, 1.165) is 42.7 Å².